The van der Waals surface area contributed by atoms with Crippen LogP contribution in [0.15, 0.2) is 0 Å². The second kappa shape index (κ2) is 4.52. The number of likely N-dealkylation sites (tertiary alicyclic amines) is 1. The summed E-state index contributed by atoms with van der Waals surface area (Å²) in [6.45, 7) is 9.84. The number of carbonyl (C=O) groups excluding carboxylic acids is 1. The number of hydrogen-bond donors (Lipinski definition) is 1. The Morgan fingerprint density at radius 1 is 1.40 bits per heavy atom. The van der Waals surface area contributed by atoms with E-state index in [2.05, 4.69) is 20.8 Å². The molecule has 0 aromatic rings. The van der Waals surface area contributed by atoms with Gasteiger partial charge in [0, 0.05) is 19.0 Å². The molecule has 15 heavy (non-hydrogen) atoms. The van der Waals surface area contributed by atoms with Crippen molar-refractivity contribution >= 4 is 5.91 Å². The number of hydrogen-bond acceptors (Lipinski definition) is 2. The fraction of sp³-hybridized carbons (Fsp3) is 0.917. The lowest BCUT2D eigenvalue weighted by molar-refractivity contribution is -0.144. The molecule has 1 fully saturated rings. The Labute approximate surface area is 93.0 Å². The normalized spacial score (nSPS) is 21.3. The molecule has 0 aliphatic carbocycles. The number of rotatable bonds is 4. The van der Waals surface area contributed by atoms with Gasteiger partial charge in [0.05, 0.1) is 5.54 Å². The maximum absolute atomic E-state index is 11.9. The van der Waals surface area contributed by atoms with Crippen molar-refractivity contribution < 1.29 is 4.79 Å². The van der Waals surface area contributed by atoms with Crippen LogP contribution in [0.25, 0.3) is 0 Å². The van der Waals surface area contributed by atoms with Crippen molar-refractivity contribution in [2.24, 2.45) is 17.6 Å². The van der Waals surface area contributed by atoms with Crippen LogP contribution in [0.5, 0.6) is 0 Å². The van der Waals surface area contributed by atoms with Crippen LogP contribution < -0.4 is 5.73 Å². The van der Waals surface area contributed by atoms with Crippen molar-refractivity contribution in [3.63, 3.8) is 0 Å². The SMILES string of the molecule is CCCC(C)C(=O)N1CC(N)(C(C)C)C1. The summed E-state index contributed by atoms with van der Waals surface area (Å²) in [6.07, 6.45) is 2.05. The van der Waals surface area contributed by atoms with Gasteiger partial charge in [0.2, 0.25) is 5.91 Å². The van der Waals surface area contributed by atoms with Gasteiger partial charge in [0.25, 0.3) is 0 Å². The van der Waals surface area contributed by atoms with Crippen LogP contribution in [0.4, 0.5) is 0 Å². The van der Waals surface area contributed by atoms with E-state index in [0.717, 1.165) is 25.9 Å². The molecule has 3 nitrogen and oxygen atoms in total. The lowest BCUT2D eigenvalue weighted by atomic mass is 9.79. The quantitative estimate of drug-likeness (QED) is 0.769. The summed E-state index contributed by atoms with van der Waals surface area (Å²) in [5.74, 6) is 0.883. The molecule has 0 aromatic heterocycles. The summed E-state index contributed by atoms with van der Waals surface area (Å²) < 4.78 is 0. The third-order valence-corrected chi connectivity index (χ3v) is 3.58. The van der Waals surface area contributed by atoms with Crippen LogP contribution in [-0.4, -0.2) is 29.4 Å². The van der Waals surface area contributed by atoms with Crippen LogP contribution in [0.3, 0.4) is 0 Å². The van der Waals surface area contributed by atoms with E-state index >= 15 is 0 Å². The molecule has 1 unspecified atom stereocenters. The predicted octanol–water partition coefficient (Wildman–Crippen LogP) is 1.62. The van der Waals surface area contributed by atoms with Gasteiger partial charge in [-0.1, -0.05) is 34.1 Å². The molecule has 2 N–H and O–H groups in total. The van der Waals surface area contributed by atoms with E-state index in [-0.39, 0.29) is 17.4 Å². The van der Waals surface area contributed by atoms with Gasteiger partial charge in [-0.15, -0.1) is 0 Å². The summed E-state index contributed by atoms with van der Waals surface area (Å²) >= 11 is 0. The van der Waals surface area contributed by atoms with Gasteiger partial charge in [0.1, 0.15) is 0 Å². The average Bonchev–Trinajstić information content (AvgIpc) is 2.11. The molecule has 1 amide bonds. The highest BCUT2D eigenvalue weighted by molar-refractivity contribution is 5.79. The van der Waals surface area contributed by atoms with E-state index in [1.165, 1.54) is 0 Å². The van der Waals surface area contributed by atoms with Crippen molar-refractivity contribution in [2.75, 3.05) is 13.1 Å². The van der Waals surface area contributed by atoms with Crippen molar-refractivity contribution in [3.8, 4) is 0 Å². The second-order valence-electron chi connectivity index (χ2n) is 5.27. The third-order valence-electron chi connectivity index (χ3n) is 3.58. The van der Waals surface area contributed by atoms with Crippen molar-refractivity contribution in [3.05, 3.63) is 0 Å². The Morgan fingerprint density at radius 3 is 2.33 bits per heavy atom. The average molecular weight is 212 g/mol. The molecule has 1 aliphatic heterocycles. The first-order valence-electron chi connectivity index (χ1n) is 5.98. The minimum Gasteiger partial charge on any atom is -0.339 e. The molecule has 0 saturated carbocycles. The van der Waals surface area contributed by atoms with E-state index < -0.39 is 0 Å². The lowest BCUT2D eigenvalue weighted by Gasteiger charge is -2.51. The van der Waals surface area contributed by atoms with Gasteiger partial charge < -0.3 is 10.6 Å². The molecular formula is C12H24N2O. The van der Waals surface area contributed by atoms with Crippen molar-refractivity contribution in [1.29, 1.82) is 0 Å². The molecular weight excluding hydrogens is 188 g/mol. The van der Waals surface area contributed by atoms with E-state index in [9.17, 15) is 4.79 Å². The van der Waals surface area contributed by atoms with Gasteiger partial charge in [-0.2, -0.15) is 0 Å². The highest BCUT2D eigenvalue weighted by Crippen LogP contribution is 2.27. The van der Waals surface area contributed by atoms with E-state index in [4.69, 9.17) is 5.73 Å². The number of amides is 1. The van der Waals surface area contributed by atoms with Gasteiger partial charge in [0.15, 0.2) is 0 Å². The van der Waals surface area contributed by atoms with E-state index in [1.54, 1.807) is 0 Å². The molecule has 3 heteroatoms. The number of nitrogens with zero attached hydrogens (tertiary/aromatic N) is 1. The van der Waals surface area contributed by atoms with Crippen LogP contribution >= 0.6 is 0 Å². The first-order valence-corrected chi connectivity index (χ1v) is 5.98. The third kappa shape index (κ3) is 2.51. The molecule has 0 bridgehead atoms. The van der Waals surface area contributed by atoms with E-state index in [0.29, 0.717) is 5.92 Å². The Bertz CT molecular complexity index is 232. The zero-order valence-electron chi connectivity index (χ0n) is 10.4. The highest BCUT2D eigenvalue weighted by Gasteiger charge is 2.44. The minimum atomic E-state index is -0.137. The lowest BCUT2D eigenvalue weighted by Crippen LogP contribution is -2.71. The highest BCUT2D eigenvalue weighted by atomic mass is 16.2. The zero-order chi connectivity index (χ0) is 11.6. The molecule has 1 heterocycles. The minimum absolute atomic E-state index is 0.137. The van der Waals surface area contributed by atoms with Crippen LogP contribution in [-0.2, 0) is 4.79 Å². The standard InChI is InChI=1S/C12H24N2O/c1-5-6-10(4)11(15)14-7-12(13,8-14)9(2)3/h9-10H,5-8,13H2,1-4H3. The first-order chi connectivity index (χ1) is 6.90. The summed E-state index contributed by atoms with van der Waals surface area (Å²) in [5, 5.41) is 0. The molecule has 1 saturated heterocycles. The molecule has 1 aliphatic rings. The Kier molecular flexibility index (Phi) is 3.77. The smallest absolute Gasteiger partial charge is 0.225 e. The molecule has 88 valence electrons. The van der Waals surface area contributed by atoms with Gasteiger partial charge in [-0.05, 0) is 12.3 Å². The maximum atomic E-state index is 11.9. The number of nitrogens with two attached hydrogens (primary N) is 1. The molecule has 0 spiro atoms. The van der Waals surface area contributed by atoms with Crippen LogP contribution in [0, 0.1) is 11.8 Å². The van der Waals surface area contributed by atoms with Gasteiger partial charge in [-0.25, -0.2) is 0 Å². The van der Waals surface area contributed by atoms with Crippen LogP contribution in [0.1, 0.15) is 40.5 Å². The zero-order valence-corrected chi connectivity index (χ0v) is 10.4. The molecule has 0 aromatic carbocycles. The van der Waals surface area contributed by atoms with Crippen molar-refractivity contribution in [2.45, 2.75) is 46.1 Å². The van der Waals surface area contributed by atoms with Gasteiger partial charge in [-0.3, -0.25) is 4.79 Å². The predicted molar refractivity (Wildman–Crippen MR) is 62.4 cm³/mol. The number of carbonyl (C=O) groups is 1. The van der Waals surface area contributed by atoms with Crippen LogP contribution in [0.2, 0.25) is 0 Å². The Morgan fingerprint density at radius 2 is 1.93 bits per heavy atom. The first kappa shape index (κ1) is 12.5. The fourth-order valence-corrected chi connectivity index (χ4v) is 2.05. The molecule has 1 atom stereocenters. The fourth-order valence-electron chi connectivity index (χ4n) is 2.05. The maximum Gasteiger partial charge on any atom is 0.225 e. The van der Waals surface area contributed by atoms with E-state index in [1.807, 2.05) is 11.8 Å². The Balaban J connectivity index is 2.41. The largest absolute Gasteiger partial charge is 0.339 e. The summed E-state index contributed by atoms with van der Waals surface area (Å²) in [4.78, 5) is 13.8. The molecule has 1 rings (SSSR count). The Hall–Kier alpha value is -0.570. The topological polar surface area (TPSA) is 46.3 Å². The summed E-state index contributed by atoms with van der Waals surface area (Å²) in [7, 11) is 0. The monoisotopic (exact) mass is 212 g/mol. The second-order valence-corrected chi connectivity index (χ2v) is 5.27. The van der Waals surface area contributed by atoms with Gasteiger partial charge >= 0.3 is 0 Å². The van der Waals surface area contributed by atoms with Crippen molar-refractivity contribution in [1.82, 2.24) is 4.90 Å². The summed E-state index contributed by atoms with van der Waals surface area (Å²) in [6, 6.07) is 0. The molecule has 0 radical (unpaired) electrons. The summed E-state index contributed by atoms with van der Waals surface area (Å²) in [5.41, 5.74) is 6.02.